The largest absolute Gasteiger partial charge is 0.341 e. The maximum atomic E-state index is 13.3. The van der Waals surface area contributed by atoms with E-state index in [1.807, 2.05) is 52.4 Å². The molecule has 2 saturated heterocycles. The molecule has 1 aromatic heterocycles. The quantitative estimate of drug-likeness (QED) is 0.777. The summed E-state index contributed by atoms with van der Waals surface area (Å²) in [6, 6.07) is 10.6. The van der Waals surface area contributed by atoms with E-state index in [4.69, 9.17) is 0 Å². The predicted octanol–water partition coefficient (Wildman–Crippen LogP) is 3.33. The van der Waals surface area contributed by atoms with Gasteiger partial charge in [-0.2, -0.15) is 0 Å². The average Bonchev–Trinajstić information content (AvgIpc) is 3.51. The number of hydrogen-bond acceptors (Lipinski definition) is 4. The maximum absolute atomic E-state index is 13.3. The van der Waals surface area contributed by atoms with Crippen molar-refractivity contribution in [2.45, 2.75) is 38.6 Å². The van der Waals surface area contributed by atoms with Crippen LogP contribution in [0.5, 0.6) is 0 Å². The Hall–Kier alpha value is -2.67. The molecule has 2 aliphatic rings. The first-order chi connectivity index (χ1) is 15.0. The Morgan fingerprint density at radius 2 is 1.74 bits per heavy atom. The molecule has 6 nitrogen and oxygen atoms in total. The Bertz CT molecular complexity index is 929. The molecular formula is C24H29N3O3S. The molecule has 0 aliphatic carbocycles. The highest BCUT2D eigenvalue weighted by Crippen LogP contribution is 2.25. The van der Waals surface area contributed by atoms with Gasteiger partial charge in [-0.25, -0.2) is 0 Å². The van der Waals surface area contributed by atoms with Crippen LogP contribution in [0.4, 0.5) is 0 Å². The van der Waals surface area contributed by atoms with Crippen molar-refractivity contribution in [2.75, 3.05) is 26.2 Å². The van der Waals surface area contributed by atoms with E-state index in [-0.39, 0.29) is 23.6 Å². The normalized spacial score (nSPS) is 18.1. The fraction of sp³-hybridized carbons (Fsp3) is 0.458. The van der Waals surface area contributed by atoms with E-state index in [0.717, 1.165) is 36.4 Å². The lowest BCUT2D eigenvalue weighted by molar-refractivity contribution is -0.134. The van der Waals surface area contributed by atoms with Crippen LogP contribution in [0.15, 0.2) is 41.8 Å². The molecule has 3 amide bonds. The van der Waals surface area contributed by atoms with Crippen LogP contribution in [-0.2, 0) is 4.79 Å². The fourth-order valence-electron chi connectivity index (χ4n) is 4.52. The van der Waals surface area contributed by atoms with Crippen LogP contribution in [0.2, 0.25) is 0 Å². The summed E-state index contributed by atoms with van der Waals surface area (Å²) in [5, 5.41) is 4.96. The molecule has 0 spiro atoms. The van der Waals surface area contributed by atoms with Crippen LogP contribution in [0.25, 0.3) is 0 Å². The Balaban J connectivity index is 1.46. The molecule has 1 atom stereocenters. The minimum absolute atomic E-state index is 0.0153. The highest BCUT2D eigenvalue weighted by molar-refractivity contribution is 7.12. The van der Waals surface area contributed by atoms with Crippen molar-refractivity contribution in [3.63, 3.8) is 0 Å². The third kappa shape index (κ3) is 4.98. The summed E-state index contributed by atoms with van der Waals surface area (Å²) in [6.45, 7) is 4.66. The van der Waals surface area contributed by atoms with Crippen molar-refractivity contribution < 1.29 is 14.4 Å². The summed E-state index contributed by atoms with van der Waals surface area (Å²) in [7, 11) is 0. The van der Waals surface area contributed by atoms with Crippen molar-refractivity contribution in [3.05, 3.63) is 57.8 Å². The fourth-order valence-corrected chi connectivity index (χ4v) is 5.21. The third-order valence-corrected chi connectivity index (χ3v) is 7.14. The Kier molecular flexibility index (Phi) is 6.70. The number of piperidine rings is 1. The number of nitrogens with one attached hydrogen (secondary N) is 1. The van der Waals surface area contributed by atoms with E-state index in [1.54, 1.807) is 6.07 Å². The lowest BCUT2D eigenvalue weighted by Crippen LogP contribution is -2.54. The molecule has 3 heterocycles. The zero-order chi connectivity index (χ0) is 21.8. The van der Waals surface area contributed by atoms with E-state index < -0.39 is 6.04 Å². The van der Waals surface area contributed by atoms with E-state index in [2.05, 4.69) is 5.32 Å². The van der Waals surface area contributed by atoms with Crippen molar-refractivity contribution >= 4 is 29.1 Å². The van der Waals surface area contributed by atoms with Crippen LogP contribution in [0.1, 0.15) is 51.3 Å². The molecule has 1 N–H and O–H groups in total. The Labute approximate surface area is 187 Å². The topological polar surface area (TPSA) is 69.7 Å². The van der Waals surface area contributed by atoms with Crippen LogP contribution in [-0.4, -0.2) is 59.7 Å². The first kappa shape index (κ1) is 21.6. The van der Waals surface area contributed by atoms with Crippen LogP contribution < -0.4 is 5.32 Å². The number of rotatable bonds is 5. The molecule has 0 saturated carbocycles. The molecule has 0 bridgehead atoms. The molecule has 7 heteroatoms. The number of benzene rings is 1. The first-order valence-electron chi connectivity index (χ1n) is 11.0. The molecule has 1 aromatic carbocycles. The molecule has 31 heavy (non-hydrogen) atoms. The minimum atomic E-state index is -0.551. The molecule has 4 rings (SSSR count). The van der Waals surface area contributed by atoms with E-state index in [9.17, 15) is 14.4 Å². The SMILES string of the molecule is Cc1cccc(C(=O)NC(C(=O)N2CCCC2)C2CCN(C(=O)c3cccs3)CC2)c1. The van der Waals surface area contributed by atoms with Gasteiger partial charge in [-0.3, -0.25) is 14.4 Å². The second-order valence-electron chi connectivity index (χ2n) is 8.46. The predicted molar refractivity (Wildman–Crippen MR) is 121 cm³/mol. The molecular weight excluding hydrogens is 410 g/mol. The number of amides is 3. The summed E-state index contributed by atoms with van der Waals surface area (Å²) in [4.78, 5) is 43.4. The van der Waals surface area contributed by atoms with Crippen LogP contribution >= 0.6 is 11.3 Å². The van der Waals surface area contributed by atoms with Gasteiger partial charge in [0.1, 0.15) is 6.04 Å². The summed E-state index contributed by atoms with van der Waals surface area (Å²) in [6.07, 6.45) is 3.43. The van der Waals surface area contributed by atoms with Gasteiger partial charge >= 0.3 is 0 Å². The molecule has 2 aliphatic heterocycles. The Morgan fingerprint density at radius 1 is 1.00 bits per heavy atom. The van der Waals surface area contributed by atoms with Crippen molar-refractivity contribution in [2.24, 2.45) is 5.92 Å². The molecule has 0 radical (unpaired) electrons. The van der Waals surface area contributed by atoms with Crippen molar-refractivity contribution in [1.82, 2.24) is 15.1 Å². The average molecular weight is 440 g/mol. The summed E-state index contributed by atoms with van der Waals surface area (Å²) >= 11 is 1.45. The van der Waals surface area contributed by atoms with Gasteiger partial charge in [0, 0.05) is 31.7 Å². The molecule has 164 valence electrons. The summed E-state index contributed by atoms with van der Waals surface area (Å²) < 4.78 is 0. The number of thiophene rings is 1. The first-order valence-corrected chi connectivity index (χ1v) is 11.9. The van der Waals surface area contributed by atoms with E-state index >= 15 is 0 Å². The van der Waals surface area contributed by atoms with Crippen molar-refractivity contribution in [3.8, 4) is 0 Å². The monoisotopic (exact) mass is 439 g/mol. The van der Waals surface area contributed by atoms with Gasteiger partial charge in [-0.1, -0.05) is 23.8 Å². The smallest absolute Gasteiger partial charge is 0.263 e. The lowest BCUT2D eigenvalue weighted by Gasteiger charge is -2.37. The van der Waals surface area contributed by atoms with Crippen molar-refractivity contribution in [1.29, 1.82) is 0 Å². The number of carbonyl (C=O) groups excluding carboxylic acids is 3. The minimum Gasteiger partial charge on any atom is -0.341 e. The second-order valence-corrected chi connectivity index (χ2v) is 9.41. The van der Waals surface area contributed by atoms with E-state index in [1.165, 1.54) is 11.3 Å². The number of hydrogen-bond donors (Lipinski definition) is 1. The number of nitrogens with zero attached hydrogens (tertiary/aromatic N) is 2. The zero-order valence-corrected chi connectivity index (χ0v) is 18.7. The summed E-state index contributed by atoms with van der Waals surface area (Å²) in [5.41, 5.74) is 1.58. The van der Waals surface area contributed by atoms with Crippen LogP contribution in [0, 0.1) is 12.8 Å². The van der Waals surface area contributed by atoms with Gasteiger partial charge in [0.05, 0.1) is 4.88 Å². The van der Waals surface area contributed by atoms with Crippen LogP contribution in [0.3, 0.4) is 0 Å². The molecule has 2 fully saturated rings. The Morgan fingerprint density at radius 3 is 2.39 bits per heavy atom. The highest BCUT2D eigenvalue weighted by Gasteiger charge is 2.37. The number of aryl methyl sites for hydroxylation is 1. The van der Waals surface area contributed by atoms with Gasteiger partial charge < -0.3 is 15.1 Å². The third-order valence-electron chi connectivity index (χ3n) is 6.28. The highest BCUT2D eigenvalue weighted by atomic mass is 32.1. The second kappa shape index (κ2) is 9.64. The number of carbonyl (C=O) groups is 3. The zero-order valence-electron chi connectivity index (χ0n) is 17.9. The number of likely N-dealkylation sites (tertiary alicyclic amines) is 2. The lowest BCUT2D eigenvalue weighted by atomic mass is 9.88. The van der Waals surface area contributed by atoms with E-state index in [0.29, 0.717) is 31.5 Å². The standard InChI is InChI=1S/C24H29N3O3S/c1-17-6-4-7-19(16-17)22(28)25-21(24(30)26-11-2-3-12-26)18-9-13-27(14-10-18)23(29)20-8-5-15-31-20/h4-8,15-16,18,21H,2-3,9-14H2,1H3,(H,25,28). The maximum Gasteiger partial charge on any atom is 0.263 e. The van der Waals surface area contributed by atoms with Gasteiger partial charge in [-0.15, -0.1) is 11.3 Å². The summed E-state index contributed by atoms with van der Waals surface area (Å²) in [5.74, 6) is -0.117. The van der Waals surface area contributed by atoms with Gasteiger partial charge in [0.25, 0.3) is 11.8 Å². The molecule has 2 aromatic rings. The van der Waals surface area contributed by atoms with Gasteiger partial charge in [-0.05, 0) is 62.1 Å². The molecule has 1 unspecified atom stereocenters. The van der Waals surface area contributed by atoms with Gasteiger partial charge in [0.15, 0.2) is 0 Å². The van der Waals surface area contributed by atoms with Gasteiger partial charge in [0.2, 0.25) is 5.91 Å².